The number of carbonyl (C=O) groups excluding carboxylic acids is 3. The lowest BCUT2D eigenvalue weighted by molar-refractivity contribution is -0.124. The number of urea groups is 1. The third kappa shape index (κ3) is 9.76. The van der Waals surface area contributed by atoms with E-state index in [9.17, 15) is 19.5 Å². The summed E-state index contributed by atoms with van der Waals surface area (Å²) in [7, 11) is 0. The number of hydrogen-bond donors (Lipinski definition) is 6. The molecule has 0 saturated heterocycles. The number of nitrogens with two attached hydrogens (primary N) is 1. The highest BCUT2D eigenvalue weighted by atomic mass is 16.3. The Labute approximate surface area is 159 Å². The van der Waals surface area contributed by atoms with Gasteiger partial charge in [-0.15, -0.1) is 0 Å². The first-order valence-electron chi connectivity index (χ1n) is 9.25. The average Bonchev–Trinajstić information content (AvgIpc) is 2.62. The highest BCUT2D eigenvalue weighted by Crippen LogP contribution is 2.13. The molecule has 1 aliphatic carbocycles. The molecule has 7 N–H and O–H groups in total. The van der Waals surface area contributed by atoms with Crippen molar-refractivity contribution in [2.24, 2.45) is 11.7 Å². The van der Waals surface area contributed by atoms with Crippen LogP contribution in [0.15, 0.2) is 23.9 Å². The van der Waals surface area contributed by atoms with Gasteiger partial charge in [0, 0.05) is 31.6 Å². The summed E-state index contributed by atoms with van der Waals surface area (Å²) in [6.07, 6.45) is 6.53. The Bertz CT molecular complexity index is 576. The number of nitrogens with one attached hydrogen (secondary N) is 4. The standard InChI is InChI=1S/C18H31N5O4/c1-3-15(24)20-11-9-16(25)23-14(8-10-21-18(19)27)17(26)22-13-6-4-12(2)5-7-13/h4,6-7,12,14,16,23,25H,3,5,8-11H2,1-2H3,(H,20,24)(H,22,26)(H3,19,21,27)/t12-,14?,16?/m1/s1. The average molecular weight is 381 g/mol. The van der Waals surface area contributed by atoms with E-state index < -0.39 is 18.3 Å². The van der Waals surface area contributed by atoms with Crippen LogP contribution in [0.5, 0.6) is 0 Å². The Morgan fingerprint density at radius 3 is 2.56 bits per heavy atom. The zero-order chi connectivity index (χ0) is 20.2. The van der Waals surface area contributed by atoms with Crippen LogP contribution in [-0.4, -0.2) is 48.3 Å². The van der Waals surface area contributed by atoms with Gasteiger partial charge in [-0.1, -0.05) is 26.0 Å². The van der Waals surface area contributed by atoms with Gasteiger partial charge < -0.3 is 26.8 Å². The van der Waals surface area contributed by atoms with Crippen LogP contribution < -0.4 is 27.0 Å². The highest BCUT2D eigenvalue weighted by molar-refractivity contribution is 5.84. The predicted molar refractivity (Wildman–Crippen MR) is 102 cm³/mol. The van der Waals surface area contributed by atoms with Crippen molar-refractivity contribution in [1.82, 2.24) is 21.3 Å². The number of primary amides is 1. The van der Waals surface area contributed by atoms with Gasteiger partial charge in [0.2, 0.25) is 11.8 Å². The number of aliphatic hydroxyl groups is 1. The zero-order valence-corrected chi connectivity index (χ0v) is 16.0. The summed E-state index contributed by atoms with van der Waals surface area (Å²) in [4.78, 5) is 34.6. The van der Waals surface area contributed by atoms with Gasteiger partial charge in [-0.25, -0.2) is 4.79 Å². The molecule has 0 aliphatic heterocycles. The Morgan fingerprint density at radius 1 is 1.26 bits per heavy atom. The van der Waals surface area contributed by atoms with Gasteiger partial charge in [0.15, 0.2) is 0 Å². The lowest BCUT2D eigenvalue weighted by Crippen LogP contribution is -2.50. The topological polar surface area (TPSA) is 146 Å². The monoisotopic (exact) mass is 381 g/mol. The van der Waals surface area contributed by atoms with E-state index >= 15 is 0 Å². The fourth-order valence-corrected chi connectivity index (χ4v) is 2.47. The van der Waals surface area contributed by atoms with Crippen molar-refractivity contribution in [3.8, 4) is 0 Å². The van der Waals surface area contributed by atoms with Crippen molar-refractivity contribution in [2.75, 3.05) is 13.1 Å². The molecular formula is C18H31N5O4. The fraction of sp³-hybridized carbons (Fsp3) is 0.611. The lowest BCUT2D eigenvalue weighted by atomic mass is 10.0. The van der Waals surface area contributed by atoms with E-state index in [1.54, 1.807) is 6.92 Å². The second-order valence-corrected chi connectivity index (χ2v) is 6.53. The molecule has 0 fully saturated rings. The Morgan fingerprint density at radius 2 is 1.96 bits per heavy atom. The maximum absolute atomic E-state index is 12.6. The quantitative estimate of drug-likeness (QED) is 0.275. The molecule has 0 heterocycles. The Kier molecular flexibility index (Phi) is 10.1. The van der Waals surface area contributed by atoms with Crippen LogP contribution >= 0.6 is 0 Å². The van der Waals surface area contributed by atoms with E-state index in [0.717, 1.165) is 6.42 Å². The molecule has 9 nitrogen and oxygen atoms in total. The first kappa shape index (κ1) is 22.7. The van der Waals surface area contributed by atoms with Crippen molar-refractivity contribution in [3.63, 3.8) is 0 Å². The maximum atomic E-state index is 12.6. The molecule has 152 valence electrons. The van der Waals surface area contributed by atoms with Crippen LogP contribution in [0.3, 0.4) is 0 Å². The van der Waals surface area contributed by atoms with Gasteiger partial charge in [-0.2, -0.15) is 0 Å². The number of allylic oxidation sites excluding steroid dienone is 3. The molecule has 1 aliphatic rings. The van der Waals surface area contributed by atoms with Gasteiger partial charge in [0.05, 0.1) is 6.04 Å². The third-order valence-electron chi connectivity index (χ3n) is 4.08. The minimum atomic E-state index is -0.984. The number of rotatable bonds is 11. The minimum Gasteiger partial charge on any atom is -0.379 e. The summed E-state index contributed by atoms with van der Waals surface area (Å²) >= 11 is 0. The number of amides is 4. The molecule has 9 heteroatoms. The van der Waals surface area contributed by atoms with Crippen molar-refractivity contribution in [1.29, 1.82) is 0 Å². The van der Waals surface area contributed by atoms with Gasteiger partial charge in [0.1, 0.15) is 6.23 Å². The van der Waals surface area contributed by atoms with Crippen LogP contribution in [0.1, 0.15) is 39.5 Å². The normalized spacial score (nSPS) is 18.2. The summed E-state index contributed by atoms with van der Waals surface area (Å²) in [5.41, 5.74) is 5.75. The number of carbonyl (C=O) groups is 3. The lowest BCUT2D eigenvalue weighted by Gasteiger charge is -2.23. The van der Waals surface area contributed by atoms with Crippen LogP contribution in [0.4, 0.5) is 4.79 Å². The molecule has 0 aromatic heterocycles. The van der Waals surface area contributed by atoms with Gasteiger partial charge in [-0.05, 0) is 24.8 Å². The molecular weight excluding hydrogens is 350 g/mol. The SMILES string of the molecule is CCC(=O)NCCC(O)NC(CCNC(N)=O)C(=O)NC1=CC[C@H](C)C=C1. The predicted octanol–water partition coefficient (Wildman–Crippen LogP) is -0.166. The Hall–Kier alpha value is -2.39. The van der Waals surface area contributed by atoms with E-state index in [0.29, 0.717) is 24.6 Å². The summed E-state index contributed by atoms with van der Waals surface area (Å²) in [5.74, 6) is 0.00950. The van der Waals surface area contributed by atoms with Gasteiger partial charge in [-0.3, -0.25) is 14.9 Å². The Balaban J connectivity index is 2.57. The number of aliphatic hydroxyl groups excluding tert-OH is 1. The van der Waals surface area contributed by atoms with Gasteiger partial charge in [0.25, 0.3) is 0 Å². The van der Waals surface area contributed by atoms with E-state index in [2.05, 4.69) is 28.2 Å². The summed E-state index contributed by atoms with van der Waals surface area (Å²) in [6.45, 7) is 4.30. The molecule has 4 amide bonds. The highest BCUT2D eigenvalue weighted by Gasteiger charge is 2.22. The van der Waals surface area contributed by atoms with Crippen LogP contribution in [0.25, 0.3) is 0 Å². The first-order valence-corrected chi connectivity index (χ1v) is 9.25. The molecule has 3 atom stereocenters. The van der Waals surface area contributed by atoms with Crippen molar-refractivity contribution >= 4 is 17.8 Å². The maximum Gasteiger partial charge on any atom is 0.312 e. The number of hydrogen-bond acceptors (Lipinski definition) is 5. The second kappa shape index (κ2) is 12.1. The van der Waals surface area contributed by atoms with Crippen molar-refractivity contribution in [3.05, 3.63) is 23.9 Å². The molecule has 27 heavy (non-hydrogen) atoms. The first-order chi connectivity index (χ1) is 12.8. The van der Waals surface area contributed by atoms with Crippen LogP contribution in [0.2, 0.25) is 0 Å². The second-order valence-electron chi connectivity index (χ2n) is 6.53. The largest absolute Gasteiger partial charge is 0.379 e. The molecule has 2 unspecified atom stereocenters. The minimum absolute atomic E-state index is 0.104. The molecule has 0 bridgehead atoms. The molecule has 0 radical (unpaired) electrons. The fourth-order valence-electron chi connectivity index (χ4n) is 2.47. The van der Waals surface area contributed by atoms with Crippen LogP contribution in [0, 0.1) is 5.92 Å². The van der Waals surface area contributed by atoms with Crippen molar-refractivity contribution in [2.45, 2.75) is 51.8 Å². The van der Waals surface area contributed by atoms with E-state index in [4.69, 9.17) is 5.73 Å². The summed E-state index contributed by atoms with van der Waals surface area (Å²) in [6, 6.07) is -1.41. The van der Waals surface area contributed by atoms with E-state index in [1.165, 1.54) is 0 Å². The molecule has 0 aromatic carbocycles. The molecule has 0 aromatic rings. The van der Waals surface area contributed by atoms with Crippen LogP contribution in [-0.2, 0) is 9.59 Å². The molecule has 1 rings (SSSR count). The molecule has 0 saturated carbocycles. The van der Waals surface area contributed by atoms with E-state index in [-0.39, 0.29) is 31.2 Å². The van der Waals surface area contributed by atoms with Crippen molar-refractivity contribution < 1.29 is 19.5 Å². The smallest absolute Gasteiger partial charge is 0.312 e. The summed E-state index contributed by atoms with van der Waals surface area (Å²) < 4.78 is 0. The molecule has 0 spiro atoms. The summed E-state index contributed by atoms with van der Waals surface area (Å²) in [5, 5.41) is 20.9. The third-order valence-corrected chi connectivity index (χ3v) is 4.08. The zero-order valence-electron chi connectivity index (χ0n) is 16.0. The van der Waals surface area contributed by atoms with Gasteiger partial charge >= 0.3 is 6.03 Å². The van der Waals surface area contributed by atoms with E-state index in [1.807, 2.05) is 18.2 Å².